The SMILES string of the molecule is Cc1cc([C@H]2[C@H]3O[C@H](C[C@@H]3O)[C@@H]2C(=O)NC2CCN(S(C)(=O)=O)CC2)ccn1. The van der Waals surface area contributed by atoms with Crippen molar-refractivity contribution < 1.29 is 23.1 Å². The van der Waals surface area contributed by atoms with Crippen LogP contribution in [0.15, 0.2) is 18.3 Å². The fourth-order valence-electron chi connectivity index (χ4n) is 4.84. The first-order valence-electron chi connectivity index (χ1n) is 9.75. The Kier molecular flexibility index (Phi) is 5.20. The highest BCUT2D eigenvalue weighted by atomic mass is 32.2. The summed E-state index contributed by atoms with van der Waals surface area (Å²) in [6, 6.07) is 3.79. The lowest BCUT2D eigenvalue weighted by molar-refractivity contribution is -0.128. The number of sulfonamides is 1. The molecule has 154 valence electrons. The molecule has 0 unspecified atom stereocenters. The van der Waals surface area contributed by atoms with Gasteiger partial charge in [-0.2, -0.15) is 0 Å². The Morgan fingerprint density at radius 2 is 2.07 bits per heavy atom. The Morgan fingerprint density at radius 3 is 2.71 bits per heavy atom. The van der Waals surface area contributed by atoms with Gasteiger partial charge in [0, 0.05) is 43.4 Å². The molecule has 3 fully saturated rings. The van der Waals surface area contributed by atoms with Gasteiger partial charge in [0.15, 0.2) is 0 Å². The molecule has 4 rings (SSSR count). The first-order chi connectivity index (χ1) is 13.2. The van der Waals surface area contributed by atoms with Crippen LogP contribution < -0.4 is 5.32 Å². The van der Waals surface area contributed by atoms with Crippen LogP contribution in [0, 0.1) is 12.8 Å². The zero-order valence-corrected chi connectivity index (χ0v) is 16.9. The molecule has 4 heterocycles. The Labute approximate surface area is 165 Å². The van der Waals surface area contributed by atoms with E-state index in [1.54, 1.807) is 6.20 Å². The first-order valence-corrected chi connectivity index (χ1v) is 11.6. The molecule has 3 aliphatic heterocycles. The lowest BCUT2D eigenvalue weighted by atomic mass is 9.74. The minimum atomic E-state index is -3.19. The molecule has 5 atom stereocenters. The molecule has 0 aromatic carbocycles. The van der Waals surface area contributed by atoms with E-state index in [2.05, 4.69) is 10.3 Å². The molecule has 3 saturated heterocycles. The van der Waals surface area contributed by atoms with E-state index in [-0.39, 0.29) is 36.0 Å². The molecule has 0 saturated carbocycles. The molecule has 0 radical (unpaired) electrons. The number of pyridine rings is 1. The molecule has 9 heteroatoms. The van der Waals surface area contributed by atoms with Crippen LogP contribution in [0.4, 0.5) is 0 Å². The van der Waals surface area contributed by atoms with Crippen LogP contribution in [0.25, 0.3) is 0 Å². The van der Waals surface area contributed by atoms with Crippen LogP contribution in [0.2, 0.25) is 0 Å². The zero-order chi connectivity index (χ0) is 20.1. The van der Waals surface area contributed by atoms with Crippen molar-refractivity contribution in [3.8, 4) is 0 Å². The average molecular weight is 410 g/mol. The van der Waals surface area contributed by atoms with Gasteiger partial charge < -0.3 is 15.2 Å². The summed E-state index contributed by atoms with van der Waals surface area (Å²) in [5.41, 5.74) is 1.83. The summed E-state index contributed by atoms with van der Waals surface area (Å²) >= 11 is 0. The van der Waals surface area contributed by atoms with Gasteiger partial charge >= 0.3 is 0 Å². The van der Waals surface area contributed by atoms with E-state index < -0.39 is 16.1 Å². The minimum Gasteiger partial charge on any atom is -0.390 e. The Hall–Kier alpha value is -1.55. The second-order valence-corrected chi connectivity index (χ2v) is 10.2. The van der Waals surface area contributed by atoms with E-state index in [1.165, 1.54) is 10.6 Å². The number of nitrogens with zero attached hydrogens (tertiary/aromatic N) is 2. The summed E-state index contributed by atoms with van der Waals surface area (Å²) < 4.78 is 30.7. The molecule has 28 heavy (non-hydrogen) atoms. The number of hydrogen-bond donors (Lipinski definition) is 2. The number of aryl methyl sites for hydroxylation is 1. The quantitative estimate of drug-likeness (QED) is 0.733. The third-order valence-corrected chi connectivity index (χ3v) is 7.51. The first kappa shape index (κ1) is 19.8. The third-order valence-electron chi connectivity index (χ3n) is 6.20. The van der Waals surface area contributed by atoms with Crippen molar-refractivity contribution in [2.24, 2.45) is 5.92 Å². The Balaban J connectivity index is 1.47. The number of nitrogens with one attached hydrogen (secondary N) is 1. The number of carbonyl (C=O) groups is 1. The van der Waals surface area contributed by atoms with Crippen LogP contribution in [-0.4, -0.2) is 72.4 Å². The molecular formula is C19H27N3O5S. The van der Waals surface area contributed by atoms with Crippen molar-refractivity contribution in [2.45, 2.75) is 56.5 Å². The van der Waals surface area contributed by atoms with Crippen molar-refractivity contribution in [3.63, 3.8) is 0 Å². The fraction of sp³-hybridized carbons (Fsp3) is 0.684. The molecule has 0 spiro atoms. The molecule has 2 N–H and O–H groups in total. The van der Waals surface area contributed by atoms with Gasteiger partial charge in [0.2, 0.25) is 15.9 Å². The standard InChI is InChI=1S/C19H27N3O5S/c1-11-9-12(3-6-20-11)16-17(15-10-14(23)18(16)27-15)19(24)21-13-4-7-22(8-5-13)28(2,25)26/h3,6,9,13-18,23H,4-5,7-8,10H2,1-2H3,(H,21,24)/t14-,15+,16+,17-,18-/m0/s1. The van der Waals surface area contributed by atoms with Gasteiger partial charge in [-0.25, -0.2) is 12.7 Å². The summed E-state index contributed by atoms with van der Waals surface area (Å²) in [4.78, 5) is 17.4. The van der Waals surface area contributed by atoms with Crippen molar-refractivity contribution in [1.29, 1.82) is 0 Å². The fourth-order valence-corrected chi connectivity index (χ4v) is 5.72. The largest absolute Gasteiger partial charge is 0.390 e. The molecule has 1 aromatic rings. The monoisotopic (exact) mass is 409 g/mol. The predicted molar refractivity (Wildman–Crippen MR) is 102 cm³/mol. The van der Waals surface area contributed by atoms with Crippen molar-refractivity contribution in [3.05, 3.63) is 29.6 Å². The molecule has 3 aliphatic rings. The highest BCUT2D eigenvalue weighted by Crippen LogP contribution is 2.49. The number of ether oxygens (including phenoxy) is 1. The van der Waals surface area contributed by atoms with Crippen molar-refractivity contribution in [2.75, 3.05) is 19.3 Å². The number of aliphatic hydroxyl groups excluding tert-OH is 1. The molecule has 1 aromatic heterocycles. The lowest BCUT2D eigenvalue weighted by Crippen LogP contribution is -2.50. The number of aromatic nitrogens is 1. The number of hydrogen-bond acceptors (Lipinski definition) is 6. The van der Waals surface area contributed by atoms with E-state index in [4.69, 9.17) is 4.74 Å². The molecule has 0 aliphatic carbocycles. The van der Waals surface area contributed by atoms with Crippen LogP contribution >= 0.6 is 0 Å². The number of fused-ring (bicyclic) bond motifs is 2. The molecule has 8 nitrogen and oxygen atoms in total. The zero-order valence-electron chi connectivity index (χ0n) is 16.1. The van der Waals surface area contributed by atoms with Gasteiger partial charge in [0.25, 0.3) is 0 Å². The minimum absolute atomic E-state index is 0.0469. The van der Waals surface area contributed by atoms with E-state index in [9.17, 15) is 18.3 Å². The summed E-state index contributed by atoms with van der Waals surface area (Å²) in [5, 5.41) is 13.4. The van der Waals surface area contributed by atoms with Crippen molar-refractivity contribution >= 4 is 15.9 Å². The number of aliphatic hydroxyl groups is 1. The maximum Gasteiger partial charge on any atom is 0.226 e. The van der Waals surface area contributed by atoms with Gasteiger partial charge in [-0.15, -0.1) is 0 Å². The van der Waals surface area contributed by atoms with E-state index in [0.29, 0.717) is 32.4 Å². The summed E-state index contributed by atoms with van der Waals surface area (Å²) in [6.07, 6.45) is 3.36. The molecule has 1 amide bonds. The molecular weight excluding hydrogens is 382 g/mol. The smallest absolute Gasteiger partial charge is 0.226 e. The number of rotatable bonds is 4. The predicted octanol–water partition coefficient (Wildman–Crippen LogP) is 0.162. The Bertz CT molecular complexity index is 853. The van der Waals surface area contributed by atoms with E-state index in [1.807, 2.05) is 19.1 Å². The van der Waals surface area contributed by atoms with Crippen LogP contribution in [-0.2, 0) is 19.6 Å². The second kappa shape index (κ2) is 7.37. The van der Waals surface area contributed by atoms with Crippen molar-refractivity contribution in [1.82, 2.24) is 14.6 Å². The van der Waals surface area contributed by atoms with Crippen LogP contribution in [0.3, 0.4) is 0 Å². The molecule has 2 bridgehead atoms. The highest BCUT2D eigenvalue weighted by molar-refractivity contribution is 7.88. The van der Waals surface area contributed by atoms with Crippen LogP contribution in [0.5, 0.6) is 0 Å². The normalized spacial score (nSPS) is 33.9. The number of amides is 1. The van der Waals surface area contributed by atoms with Crippen LogP contribution in [0.1, 0.15) is 36.4 Å². The maximum atomic E-state index is 13.1. The maximum absolute atomic E-state index is 13.1. The van der Waals surface area contributed by atoms with Gasteiger partial charge in [-0.05, 0) is 37.5 Å². The van der Waals surface area contributed by atoms with Gasteiger partial charge in [-0.1, -0.05) is 0 Å². The van der Waals surface area contributed by atoms with Gasteiger partial charge in [-0.3, -0.25) is 9.78 Å². The lowest BCUT2D eigenvalue weighted by Gasteiger charge is -2.34. The van der Waals surface area contributed by atoms with E-state index >= 15 is 0 Å². The summed E-state index contributed by atoms with van der Waals surface area (Å²) in [6.45, 7) is 2.74. The topological polar surface area (TPSA) is 109 Å². The second-order valence-electron chi connectivity index (χ2n) is 8.17. The number of carbonyl (C=O) groups excluding carboxylic acids is 1. The summed E-state index contributed by atoms with van der Waals surface area (Å²) in [5.74, 6) is -0.633. The highest BCUT2D eigenvalue weighted by Gasteiger charge is 2.57. The third kappa shape index (κ3) is 3.68. The number of piperidine rings is 1. The Morgan fingerprint density at radius 1 is 1.36 bits per heavy atom. The van der Waals surface area contributed by atoms with Gasteiger partial charge in [0.1, 0.15) is 0 Å². The summed E-state index contributed by atoms with van der Waals surface area (Å²) in [7, 11) is -3.19. The average Bonchev–Trinajstić information content (AvgIpc) is 3.18. The van der Waals surface area contributed by atoms with Gasteiger partial charge in [0.05, 0.1) is 30.5 Å². The van der Waals surface area contributed by atoms with E-state index in [0.717, 1.165) is 11.3 Å².